The third kappa shape index (κ3) is 4.37. The lowest BCUT2D eigenvalue weighted by molar-refractivity contribution is -0.119. The van der Waals surface area contributed by atoms with Crippen molar-refractivity contribution in [3.05, 3.63) is 35.7 Å². The summed E-state index contributed by atoms with van der Waals surface area (Å²) in [5.41, 5.74) is 0.783. The Balaban J connectivity index is 1.28. The Labute approximate surface area is 151 Å². The maximum atomic E-state index is 11.0. The van der Waals surface area contributed by atoms with E-state index in [1.54, 1.807) is 6.20 Å². The van der Waals surface area contributed by atoms with Gasteiger partial charge < -0.3 is 14.6 Å². The van der Waals surface area contributed by atoms with Crippen molar-refractivity contribution in [2.24, 2.45) is 0 Å². The van der Waals surface area contributed by atoms with Crippen molar-refractivity contribution in [3.8, 4) is 5.75 Å². The van der Waals surface area contributed by atoms with E-state index in [1.807, 2.05) is 12.1 Å². The van der Waals surface area contributed by atoms with Crippen LogP contribution in [0, 0.1) is 0 Å². The number of carbonyl (C=O) groups is 1. The average molecular weight is 357 g/mol. The number of amides is 1. The van der Waals surface area contributed by atoms with Crippen LogP contribution in [0.2, 0.25) is 0 Å². The van der Waals surface area contributed by atoms with Gasteiger partial charge in [0.15, 0.2) is 5.82 Å². The molecule has 2 fully saturated rings. The summed E-state index contributed by atoms with van der Waals surface area (Å²) in [5.74, 6) is 2.77. The number of rotatable bonds is 7. The monoisotopic (exact) mass is 357 g/mol. The first-order valence-electron chi connectivity index (χ1n) is 9.06. The highest BCUT2D eigenvalue weighted by atomic mass is 16.5. The Kier molecular flexibility index (Phi) is 4.83. The second-order valence-corrected chi connectivity index (χ2v) is 6.98. The van der Waals surface area contributed by atoms with Gasteiger partial charge in [0.05, 0.1) is 18.8 Å². The molecule has 0 bridgehead atoms. The smallest absolute Gasteiger partial charge is 0.240 e. The van der Waals surface area contributed by atoms with Crippen molar-refractivity contribution < 1.29 is 14.1 Å². The van der Waals surface area contributed by atoms with E-state index in [4.69, 9.17) is 9.26 Å². The first kappa shape index (κ1) is 17.0. The molecule has 2 aliphatic rings. The van der Waals surface area contributed by atoms with Crippen LogP contribution in [0.3, 0.4) is 0 Å². The molecule has 2 aromatic heterocycles. The van der Waals surface area contributed by atoms with Crippen LogP contribution in [0.1, 0.15) is 49.5 Å². The van der Waals surface area contributed by atoms with Crippen molar-refractivity contribution in [3.63, 3.8) is 0 Å². The van der Waals surface area contributed by atoms with Gasteiger partial charge in [0.25, 0.3) is 0 Å². The molecule has 3 heterocycles. The summed E-state index contributed by atoms with van der Waals surface area (Å²) >= 11 is 0. The van der Waals surface area contributed by atoms with Gasteiger partial charge in [-0.15, -0.1) is 0 Å². The summed E-state index contributed by atoms with van der Waals surface area (Å²) in [6, 6.07) is 3.72. The molecule has 0 spiro atoms. The number of nitrogens with one attached hydrogen (secondary N) is 1. The van der Waals surface area contributed by atoms with E-state index in [2.05, 4.69) is 25.3 Å². The second-order valence-electron chi connectivity index (χ2n) is 6.98. The molecule has 8 heteroatoms. The molecule has 138 valence electrons. The van der Waals surface area contributed by atoms with Crippen LogP contribution < -0.4 is 10.1 Å². The van der Waals surface area contributed by atoms with Crippen molar-refractivity contribution in [2.75, 3.05) is 13.1 Å². The van der Waals surface area contributed by atoms with Crippen LogP contribution >= 0.6 is 0 Å². The summed E-state index contributed by atoms with van der Waals surface area (Å²) in [4.78, 5) is 22.0. The summed E-state index contributed by atoms with van der Waals surface area (Å²) in [6.07, 6.45) is 5.13. The minimum Gasteiger partial charge on any atom is -0.489 e. The van der Waals surface area contributed by atoms with Gasteiger partial charge in [0, 0.05) is 38.2 Å². The van der Waals surface area contributed by atoms with E-state index in [0.29, 0.717) is 24.9 Å². The Hall–Kier alpha value is -2.48. The average Bonchev–Trinajstić information content (AvgIpc) is 3.22. The number of aromatic nitrogens is 3. The molecule has 1 saturated carbocycles. The SMILES string of the molecule is CC(=O)NCc1cc(OC2CCN(Cc3nc(C4CC4)no3)C2)ccn1. The number of pyridine rings is 1. The van der Waals surface area contributed by atoms with Gasteiger partial charge in [-0.3, -0.25) is 14.7 Å². The molecule has 1 saturated heterocycles. The molecule has 1 atom stereocenters. The predicted molar refractivity (Wildman–Crippen MR) is 92.3 cm³/mol. The minimum atomic E-state index is -0.0737. The van der Waals surface area contributed by atoms with E-state index in [-0.39, 0.29) is 12.0 Å². The standard InChI is InChI=1S/C18H23N5O3/c1-12(24)20-9-14-8-15(4-6-19-14)25-16-5-7-23(10-16)11-17-21-18(22-26-17)13-2-3-13/h4,6,8,13,16H,2-3,5,7,9-11H2,1H3,(H,20,24). The van der Waals surface area contributed by atoms with E-state index in [0.717, 1.165) is 36.8 Å². The van der Waals surface area contributed by atoms with Crippen LogP contribution in [0.15, 0.2) is 22.9 Å². The molecule has 1 N–H and O–H groups in total. The maximum Gasteiger partial charge on any atom is 0.240 e. The summed E-state index contributed by atoms with van der Waals surface area (Å²) < 4.78 is 11.4. The topological polar surface area (TPSA) is 93.4 Å². The van der Waals surface area contributed by atoms with Crippen LogP contribution in [0.25, 0.3) is 0 Å². The first-order chi connectivity index (χ1) is 12.7. The lowest BCUT2D eigenvalue weighted by Crippen LogP contribution is -2.25. The molecule has 0 aromatic carbocycles. The molecule has 8 nitrogen and oxygen atoms in total. The van der Waals surface area contributed by atoms with Gasteiger partial charge in [-0.05, 0) is 25.3 Å². The number of likely N-dealkylation sites (tertiary alicyclic amines) is 1. The number of hydrogen-bond acceptors (Lipinski definition) is 7. The number of nitrogens with zero attached hydrogens (tertiary/aromatic N) is 4. The third-order valence-corrected chi connectivity index (χ3v) is 4.62. The van der Waals surface area contributed by atoms with Crippen molar-refractivity contribution >= 4 is 5.91 Å². The summed E-state index contributed by atoms with van der Waals surface area (Å²) in [6.45, 7) is 4.33. The fraction of sp³-hybridized carbons (Fsp3) is 0.556. The minimum absolute atomic E-state index is 0.0737. The van der Waals surface area contributed by atoms with E-state index < -0.39 is 0 Å². The zero-order chi connectivity index (χ0) is 17.9. The highest BCUT2D eigenvalue weighted by molar-refractivity contribution is 5.72. The Bertz CT molecular complexity index is 774. The first-order valence-corrected chi connectivity index (χ1v) is 9.06. The van der Waals surface area contributed by atoms with Crippen molar-refractivity contribution in [2.45, 2.75) is 51.3 Å². The molecule has 1 amide bonds. The fourth-order valence-corrected chi connectivity index (χ4v) is 3.10. The third-order valence-electron chi connectivity index (χ3n) is 4.62. The molecule has 2 aromatic rings. The molecule has 4 rings (SSSR count). The Morgan fingerprint density at radius 2 is 2.31 bits per heavy atom. The highest BCUT2D eigenvalue weighted by Gasteiger charge is 2.30. The zero-order valence-electron chi connectivity index (χ0n) is 14.9. The van der Waals surface area contributed by atoms with Gasteiger partial charge in [-0.25, -0.2) is 0 Å². The number of carbonyl (C=O) groups excluding carboxylic acids is 1. The second kappa shape index (κ2) is 7.41. The van der Waals surface area contributed by atoms with Crippen molar-refractivity contribution in [1.82, 2.24) is 25.3 Å². The van der Waals surface area contributed by atoms with Gasteiger partial charge in [0.1, 0.15) is 11.9 Å². The Morgan fingerprint density at radius 1 is 1.42 bits per heavy atom. The molecule has 0 radical (unpaired) electrons. The van der Waals surface area contributed by atoms with E-state index in [1.165, 1.54) is 19.8 Å². The summed E-state index contributed by atoms with van der Waals surface area (Å²) in [7, 11) is 0. The number of hydrogen-bond donors (Lipinski definition) is 1. The quantitative estimate of drug-likeness (QED) is 0.805. The van der Waals surface area contributed by atoms with E-state index >= 15 is 0 Å². The largest absolute Gasteiger partial charge is 0.489 e. The maximum absolute atomic E-state index is 11.0. The summed E-state index contributed by atoms with van der Waals surface area (Å²) in [5, 5.41) is 6.81. The van der Waals surface area contributed by atoms with Crippen LogP contribution in [0.5, 0.6) is 5.75 Å². The molecule has 26 heavy (non-hydrogen) atoms. The Morgan fingerprint density at radius 3 is 3.12 bits per heavy atom. The van der Waals surface area contributed by atoms with Gasteiger partial charge in [0.2, 0.25) is 11.8 Å². The predicted octanol–water partition coefficient (Wildman–Crippen LogP) is 1.63. The molecule has 1 aliphatic heterocycles. The molecule has 1 aliphatic carbocycles. The fourth-order valence-electron chi connectivity index (χ4n) is 3.10. The van der Waals surface area contributed by atoms with Gasteiger partial charge in [-0.1, -0.05) is 5.16 Å². The van der Waals surface area contributed by atoms with Gasteiger partial charge in [-0.2, -0.15) is 4.98 Å². The van der Waals surface area contributed by atoms with Crippen molar-refractivity contribution in [1.29, 1.82) is 0 Å². The highest BCUT2D eigenvalue weighted by Crippen LogP contribution is 2.38. The lowest BCUT2D eigenvalue weighted by atomic mass is 10.3. The lowest BCUT2D eigenvalue weighted by Gasteiger charge is -2.15. The van der Waals surface area contributed by atoms with Crippen LogP contribution in [-0.2, 0) is 17.9 Å². The van der Waals surface area contributed by atoms with Crippen LogP contribution in [0.4, 0.5) is 0 Å². The number of ether oxygens (including phenoxy) is 1. The molecular weight excluding hydrogens is 334 g/mol. The molecule has 1 unspecified atom stereocenters. The van der Waals surface area contributed by atoms with Crippen LogP contribution in [-0.4, -0.2) is 45.1 Å². The van der Waals surface area contributed by atoms with E-state index in [9.17, 15) is 4.79 Å². The van der Waals surface area contributed by atoms with Gasteiger partial charge >= 0.3 is 0 Å². The normalized spacial score (nSPS) is 20.3. The molecular formula is C18H23N5O3. The zero-order valence-corrected chi connectivity index (χ0v) is 14.9.